The molecular weight excluding hydrogens is 276 g/mol. The third kappa shape index (κ3) is 2.57. The maximum atomic E-state index is 12.4. The summed E-state index contributed by atoms with van der Waals surface area (Å²) in [5.74, 6) is 2.22. The molecule has 2 aliphatic carbocycles. The van der Waals surface area contributed by atoms with Crippen molar-refractivity contribution in [1.29, 1.82) is 0 Å². The summed E-state index contributed by atoms with van der Waals surface area (Å²) in [6.07, 6.45) is 7.09. The van der Waals surface area contributed by atoms with Gasteiger partial charge < -0.3 is 9.80 Å². The predicted octanol–water partition coefficient (Wildman–Crippen LogP) is 2.19. The molecule has 0 spiro atoms. The lowest BCUT2D eigenvalue weighted by atomic mass is 10.0. The molecule has 1 aliphatic heterocycles. The van der Waals surface area contributed by atoms with Gasteiger partial charge in [0.2, 0.25) is 5.91 Å². The fourth-order valence-corrected chi connectivity index (χ4v) is 3.63. The van der Waals surface area contributed by atoms with Gasteiger partial charge in [-0.2, -0.15) is 5.10 Å². The molecule has 0 atom stereocenters. The van der Waals surface area contributed by atoms with Gasteiger partial charge in [0, 0.05) is 32.0 Å². The van der Waals surface area contributed by atoms with E-state index in [1.54, 1.807) is 0 Å². The number of carbonyl (C=O) groups is 1. The zero-order valence-electron chi connectivity index (χ0n) is 13.2. The highest BCUT2D eigenvalue weighted by molar-refractivity contribution is 5.79. The topological polar surface area (TPSA) is 49.3 Å². The number of hydrogen-bond donors (Lipinski definition) is 0. The predicted molar refractivity (Wildman–Crippen MR) is 84.7 cm³/mol. The van der Waals surface area contributed by atoms with Gasteiger partial charge in [-0.15, -0.1) is 5.10 Å². The lowest BCUT2D eigenvalue weighted by molar-refractivity contribution is -0.136. The number of amides is 1. The molecule has 4 rings (SSSR count). The Balaban J connectivity index is 1.31. The zero-order chi connectivity index (χ0) is 15.1. The summed E-state index contributed by atoms with van der Waals surface area (Å²) in [6.45, 7) is 1.76. The maximum absolute atomic E-state index is 12.4. The third-order valence-electron chi connectivity index (χ3n) is 5.45. The zero-order valence-corrected chi connectivity index (χ0v) is 13.2. The van der Waals surface area contributed by atoms with Crippen LogP contribution in [-0.4, -0.2) is 47.2 Å². The average molecular weight is 300 g/mol. The second-order valence-electron chi connectivity index (χ2n) is 7.08. The molecule has 0 N–H and O–H groups in total. The van der Waals surface area contributed by atoms with Crippen molar-refractivity contribution in [1.82, 2.24) is 15.1 Å². The van der Waals surface area contributed by atoms with Crippen molar-refractivity contribution in [2.75, 3.05) is 25.0 Å². The lowest BCUT2D eigenvalue weighted by Gasteiger charge is -2.45. The standard InChI is InChI=1S/C17H24N4O/c1-20(17(22)13-4-2-3-5-13)14-10-21(11-14)16-9-8-15(18-19-16)12-6-7-12/h8-9,12-14H,2-7,10-11H2,1H3. The number of rotatable bonds is 4. The average Bonchev–Trinajstić information content (AvgIpc) is 3.20. The second-order valence-corrected chi connectivity index (χ2v) is 7.08. The molecule has 3 aliphatic rings. The summed E-state index contributed by atoms with van der Waals surface area (Å²) in [5, 5.41) is 8.69. The van der Waals surface area contributed by atoms with Gasteiger partial charge in [-0.05, 0) is 37.8 Å². The van der Waals surface area contributed by atoms with E-state index in [2.05, 4.69) is 27.2 Å². The van der Waals surface area contributed by atoms with Crippen LogP contribution in [0.15, 0.2) is 12.1 Å². The number of anilines is 1. The third-order valence-corrected chi connectivity index (χ3v) is 5.45. The molecule has 3 fully saturated rings. The van der Waals surface area contributed by atoms with Crippen LogP contribution in [-0.2, 0) is 4.79 Å². The van der Waals surface area contributed by atoms with Crippen LogP contribution in [0.5, 0.6) is 0 Å². The maximum Gasteiger partial charge on any atom is 0.225 e. The van der Waals surface area contributed by atoms with E-state index in [0.29, 0.717) is 17.9 Å². The Morgan fingerprint density at radius 1 is 1.14 bits per heavy atom. The highest BCUT2D eigenvalue weighted by Crippen LogP contribution is 2.39. The molecule has 1 aromatic rings. The molecule has 1 aromatic heterocycles. The first-order valence-electron chi connectivity index (χ1n) is 8.57. The normalized spacial score (nSPS) is 22.7. The first kappa shape index (κ1) is 14.0. The molecular formula is C17H24N4O. The Labute approximate surface area is 131 Å². The number of hydrogen-bond acceptors (Lipinski definition) is 4. The van der Waals surface area contributed by atoms with Crippen molar-refractivity contribution in [2.45, 2.75) is 50.5 Å². The molecule has 22 heavy (non-hydrogen) atoms. The SMILES string of the molecule is CN(C(=O)C1CCCC1)C1CN(c2ccc(C3CC3)nn2)C1. The molecule has 0 bridgehead atoms. The van der Waals surface area contributed by atoms with Crippen molar-refractivity contribution in [2.24, 2.45) is 5.92 Å². The van der Waals surface area contributed by atoms with E-state index in [0.717, 1.165) is 37.4 Å². The highest BCUT2D eigenvalue weighted by atomic mass is 16.2. The largest absolute Gasteiger partial charge is 0.351 e. The van der Waals surface area contributed by atoms with Gasteiger partial charge in [-0.3, -0.25) is 4.79 Å². The van der Waals surface area contributed by atoms with Crippen LogP contribution in [0.2, 0.25) is 0 Å². The summed E-state index contributed by atoms with van der Waals surface area (Å²) in [6, 6.07) is 4.52. The fourth-order valence-electron chi connectivity index (χ4n) is 3.63. The van der Waals surface area contributed by atoms with Crippen LogP contribution in [0.1, 0.15) is 50.1 Å². The minimum absolute atomic E-state index is 0.275. The molecule has 0 aromatic carbocycles. The Kier molecular flexibility index (Phi) is 3.51. The van der Waals surface area contributed by atoms with Gasteiger partial charge >= 0.3 is 0 Å². The summed E-state index contributed by atoms with van der Waals surface area (Å²) >= 11 is 0. The second kappa shape index (κ2) is 5.52. The van der Waals surface area contributed by atoms with Crippen molar-refractivity contribution < 1.29 is 4.79 Å². The molecule has 2 heterocycles. The van der Waals surface area contributed by atoms with Crippen LogP contribution in [0.4, 0.5) is 5.82 Å². The van der Waals surface area contributed by atoms with Gasteiger partial charge in [0.25, 0.3) is 0 Å². The van der Waals surface area contributed by atoms with Crippen LogP contribution in [0, 0.1) is 5.92 Å². The molecule has 5 nitrogen and oxygen atoms in total. The van der Waals surface area contributed by atoms with Gasteiger partial charge in [0.05, 0.1) is 11.7 Å². The van der Waals surface area contributed by atoms with E-state index in [-0.39, 0.29) is 5.92 Å². The molecule has 5 heteroatoms. The van der Waals surface area contributed by atoms with Crippen molar-refractivity contribution >= 4 is 11.7 Å². The van der Waals surface area contributed by atoms with E-state index < -0.39 is 0 Å². The minimum atomic E-state index is 0.275. The first-order chi connectivity index (χ1) is 10.7. The quantitative estimate of drug-likeness (QED) is 0.855. The smallest absolute Gasteiger partial charge is 0.225 e. The first-order valence-corrected chi connectivity index (χ1v) is 8.57. The Morgan fingerprint density at radius 2 is 1.86 bits per heavy atom. The summed E-state index contributed by atoms with van der Waals surface area (Å²) in [7, 11) is 1.96. The van der Waals surface area contributed by atoms with E-state index in [4.69, 9.17) is 0 Å². The number of aromatic nitrogens is 2. The number of likely N-dealkylation sites (N-methyl/N-ethyl adjacent to an activating group) is 1. The molecule has 0 unspecified atom stereocenters. The summed E-state index contributed by atoms with van der Waals surface area (Å²) in [4.78, 5) is 16.6. The van der Waals surface area contributed by atoms with Gasteiger partial charge in [0.15, 0.2) is 5.82 Å². The van der Waals surface area contributed by atoms with Crippen LogP contribution >= 0.6 is 0 Å². The molecule has 2 saturated carbocycles. The van der Waals surface area contributed by atoms with Crippen LogP contribution in [0.25, 0.3) is 0 Å². The lowest BCUT2D eigenvalue weighted by Crippen LogP contribution is -2.60. The van der Waals surface area contributed by atoms with E-state index in [9.17, 15) is 4.79 Å². The van der Waals surface area contributed by atoms with Crippen molar-refractivity contribution in [3.63, 3.8) is 0 Å². The minimum Gasteiger partial charge on any atom is -0.351 e. The Bertz CT molecular complexity index is 542. The summed E-state index contributed by atoms with van der Waals surface area (Å²) in [5.41, 5.74) is 1.13. The fraction of sp³-hybridized carbons (Fsp3) is 0.706. The van der Waals surface area contributed by atoms with E-state index in [1.165, 1.54) is 25.7 Å². The number of carbonyl (C=O) groups excluding carboxylic acids is 1. The van der Waals surface area contributed by atoms with Crippen LogP contribution in [0.3, 0.4) is 0 Å². The van der Waals surface area contributed by atoms with Crippen molar-refractivity contribution in [3.05, 3.63) is 17.8 Å². The molecule has 1 saturated heterocycles. The van der Waals surface area contributed by atoms with Crippen molar-refractivity contribution in [3.8, 4) is 0 Å². The van der Waals surface area contributed by atoms with Gasteiger partial charge in [-0.1, -0.05) is 12.8 Å². The van der Waals surface area contributed by atoms with Crippen LogP contribution < -0.4 is 4.90 Å². The van der Waals surface area contributed by atoms with E-state index >= 15 is 0 Å². The summed E-state index contributed by atoms with van der Waals surface area (Å²) < 4.78 is 0. The Morgan fingerprint density at radius 3 is 2.45 bits per heavy atom. The molecule has 118 valence electrons. The van der Waals surface area contributed by atoms with Gasteiger partial charge in [-0.25, -0.2) is 0 Å². The number of nitrogens with zero attached hydrogens (tertiary/aromatic N) is 4. The molecule has 0 radical (unpaired) electrons. The molecule has 1 amide bonds. The van der Waals surface area contributed by atoms with Gasteiger partial charge in [0.1, 0.15) is 0 Å². The Hall–Kier alpha value is -1.65. The highest BCUT2D eigenvalue weighted by Gasteiger charge is 2.36. The van der Waals surface area contributed by atoms with E-state index in [1.807, 2.05) is 11.9 Å². The monoisotopic (exact) mass is 300 g/mol.